The molecule has 0 aliphatic rings. The van der Waals surface area contributed by atoms with Crippen molar-refractivity contribution in [1.29, 1.82) is 0 Å². The minimum atomic E-state index is -0.239. The molecule has 0 rings (SSSR count). The van der Waals surface area contributed by atoms with Gasteiger partial charge in [0.15, 0.2) is 0 Å². The number of carbonyl (C=O) groups is 1. The lowest BCUT2D eigenvalue weighted by Crippen LogP contribution is -2.34. The average molecular weight is 453 g/mol. The molecule has 0 aromatic rings. The Bertz CT molecular complexity index is 428. The van der Waals surface area contributed by atoms with Crippen LogP contribution in [0.5, 0.6) is 0 Å². The Balaban J connectivity index is 4.13. The normalized spacial score (nSPS) is 13.3. The lowest BCUT2D eigenvalue weighted by atomic mass is 9.97. The number of carbonyl (C=O) groups excluding carboxylic acids is 1. The number of allylic oxidation sites excluding steroid dienone is 1. The molecule has 0 aliphatic heterocycles. The zero-order chi connectivity index (χ0) is 23.9. The minimum Gasteiger partial charge on any atom is -0.392 e. The lowest BCUT2D eigenvalue weighted by Gasteiger charge is -2.25. The van der Waals surface area contributed by atoms with Crippen molar-refractivity contribution in [2.75, 3.05) is 26.2 Å². The molecule has 0 radical (unpaired) electrons. The number of hydrogen-bond acceptors (Lipinski definition) is 4. The van der Waals surface area contributed by atoms with E-state index in [2.05, 4.69) is 37.6 Å². The Labute approximate surface area is 200 Å². The molecule has 0 saturated heterocycles. The van der Waals surface area contributed by atoms with Gasteiger partial charge in [-0.3, -0.25) is 0 Å². The first-order valence-corrected chi connectivity index (χ1v) is 13.9. The van der Waals surface area contributed by atoms with Gasteiger partial charge in [-0.2, -0.15) is 0 Å². The molecule has 4 heteroatoms. The fourth-order valence-electron chi connectivity index (χ4n) is 4.41. The van der Waals surface area contributed by atoms with Crippen LogP contribution in [0.3, 0.4) is 0 Å². The average Bonchev–Trinajstić information content (AvgIpc) is 2.78. The number of nitrogens with zero attached hydrogens (tertiary/aromatic N) is 1. The number of rotatable bonds is 25. The zero-order valence-electron chi connectivity index (χ0n) is 21.9. The summed E-state index contributed by atoms with van der Waals surface area (Å²) in [6.07, 6.45) is 19.1. The number of aldehydes is 1. The summed E-state index contributed by atoms with van der Waals surface area (Å²) in [5.41, 5.74) is 1.19. The quantitative estimate of drug-likeness (QED) is 0.117. The van der Waals surface area contributed by atoms with Crippen LogP contribution >= 0.6 is 0 Å². The van der Waals surface area contributed by atoms with Gasteiger partial charge in [-0.15, -0.1) is 0 Å². The van der Waals surface area contributed by atoms with Crippen molar-refractivity contribution in [3.8, 4) is 0 Å². The summed E-state index contributed by atoms with van der Waals surface area (Å²) in [6.45, 7) is 14.8. The predicted molar refractivity (Wildman–Crippen MR) is 140 cm³/mol. The Kier molecular flexibility index (Phi) is 22.7. The molecule has 0 aromatic carbocycles. The number of aliphatic hydroxyl groups excluding tert-OH is 1. The maximum atomic E-state index is 10.6. The molecule has 190 valence electrons. The number of unbranched alkanes of at least 4 members (excludes halogenated alkanes) is 9. The van der Waals surface area contributed by atoms with Crippen LogP contribution < -0.4 is 5.32 Å². The van der Waals surface area contributed by atoms with Gasteiger partial charge in [-0.1, -0.05) is 72.3 Å². The van der Waals surface area contributed by atoms with E-state index in [4.69, 9.17) is 0 Å². The van der Waals surface area contributed by atoms with Crippen LogP contribution in [-0.4, -0.2) is 48.6 Å². The lowest BCUT2D eigenvalue weighted by molar-refractivity contribution is -0.107. The first-order valence-electron chi connectivity index (χ1n) is 13.9. The topological polar surface area (TPSA) is 52.6 Å². The molecule has 0 aromatic heterocycles. The van der Waals surface area contributed by atoms with Crippen molar-refractivity contribution in [1.82, 2.24) is 10.2 Å². The second kappa shape index (κ2) is 23.3. The Morgan fingerprint density at radius 1 is 0.875 bits per heavy atom. The third kappa shape index (κ3) is 18.7. The molecule has 0 bridgehead atoms. The van der Waals surface area contributed by atoms with Gasteiger partial charge in [-0.25, -0.2) is 0 Å². The van der Waals surface area contributed by atoms with Crippen LogP contribution in [0.15, 0.2) is 12.3 Å². The van der Waals surface area contributed by atoms with Gasteiger partial charge < -0.3 is 20.1 Å². The van der Waals surface area contributed by atoms with Crippen molar-refractivity contribution >= 4 is 6.29 Å². The van der Waals surface area contributed by atoms with E-state index in [0.717, 1.165) is 77.4 Å². The van der Waals surface area contributed by atoms with E-state index in [1.165, 1.54) is 57.1 Å². The molecule has 32 heavy (non-hydrogen) atoms. The van der Waals surface area contributed by atoms with Gasteiger partial charge in [0.25, 0.3) is 0 Å². The summed E-state index contributed by atoms with van der Waals surface area (Å²) in [7, 11) is 0. The zero-order valence-corrected chi connectivity index (χ0v) is 21.9. The van der Waals surface area contributed by atoms with E-state index >= 15 is 0 Å². The SMILES string of the molecule is C=C(NCCCCC(O)CN(CCCCCC=O)CCCCCCCC)C(CC)CCC. The van der Waals surface area contributed by atoms with Gasteiger partial charge in [0.2, 0.25) is 0 Å². The van der Waals surface area contributed by atoms with Crippen molar-refractivity contribution in [2.24, 2.45) is 5.92 Å². The van der Waals surface area contributed by atoms with Crippen LogP contribution in [0, 0.1) is 5.92 Å². The third-order valence-corrected chi connectivity index (χ3v) is 6.53. The molecule has 0 aliphatic carbocycles. The van der Waals surface area contributed by atoms with Gasteiger partial charge in [0, 0.05) is 25.2 Å². The highest BCUT2D eigenvalue weighted by Crippen LogP contribution is 2.17. The van der Waals surface area contributed by atoms with Crippen molar-refractivity contribution in [3.63, 3.8) is 0 Å². The summed E-state index contributed by atoms with van der Waals surface area (Å²) in [5.74, 6) is 0.590. The molecular weight excluding hydrogens is 396 g/mol. The summed E-state index contributed by atoms with van der Waals surface area (Å²) in [6, 6.07) is 0. The highest BCUT2D eigenvalue weighted by molar-refractivity contribution is 5.48. The van der Waals surface area contributed by atoms with Gasteiger partial charge in [0.1, 0.15) is 6.29 Å². The maximum absolute atomic E-state index is 10.6. The highest BCUT2D eigenvalue weighted by atomic mass is 16.3. The number of hydrogen-bond donors (Lipinski definition) is 2. The smallest absolute Gasteiger partial charge is 0.119 e. The maximum Gasteiger partial charge on any atom is 0.119 e. The summed E-state index contributed by atoms with van der Waals surface area (Å²) < 4.78 is 0. The second-order valence-corrected chi connectivity index (χ2v) is 9.58. The Morgan fingerprint density at radius 2 is 1.53 bits per heavy atom. The molecule has 0 saturated carbocycles. The molecule has 0 fully saturated rings. The van der Waals surface area contributed by atoms with Crippen LogP contribution in [0.25, 0.3) is 0 Å². The van der Waals surface area contributed by atoms with E-state index in [1.54, 1.807) is 0 Å². The van der Waals surface area contributed by atoms with Crippen molar-refractivity contribution in [2.45, 2.75) is 130 Å². The van der Waals surface area contributed by atoms with Gasteiger partial charge in [0.05, 0.1) is 6.10 Å². The summed E-state index contributed by atoms with van der Waals surface area (Å²) in [5, 5.41) is 14.1. The van der Waals surface area contributed by atoms with E-state index in [-0.39, 0.29) is 6.10 Å². The molecule has 0 spiro atoms. The highest BCUT2D eigenvalue weighted by Gasteiger charge is 2.12. The first-order chi connectivity index (χ1) is 15.6. The second-order valence-electron chi connectivity index (χ2n) is 9.58. The van der Waals surface area contributed by atoms with Crippen LogP contribution in [0.1, 0.15) is 124 Å². The molecule has 0 amide bonds. The fraction of sp³-hybridized carbons (Fsp3) is 0.893. The molecule has 2 unspecified atom stereocenters. The molecule has 2 N–H and O–H groups in total. The third-order valence-electron chi connectivity index (χ3n) is 6.53. The van der Waals surface area contributed by atoms with E-state index in [1.807, 2.05) is 0 Å². The van der Waals surface area contributed by atoms with Gasteiger partial charge >= 0.3 is 0 Å². The first kappa shape index (κ1) is 31.1. The molecule has 4 nitrogen and oxygen atoms in total. The summed E-state index contributed by atoms with van der Waals surface area (Å²) >= 11 is 0. The van der Waals surface area contributed by atoms with E-state index in [0.29, 0.717) is 12.3 Å². The molecular formula is C28H56N2O2. The molecule has 0 heterocycles. The molecule has 2 atom stereocenters. The van der Waals surface area contributed by atoms with Crippen LogP contribution in [0.4, 0.5) is 0 Å². The van der Waals surface area contributed by atoms with E-state index < -0.39 is 0 Å². The van der Waals surface area contributed by atoms with Crippen LogP contribution in [-0.2, 0) is 4.79 Å². The summed E-state index contributed by atoms with van der Waals surface area (Å²) in [4.78, 5) is 13.0. The monoisotopic (exact) mass is 452 g/mol. The standard InChI is InChI=1S/C28H56N2O2/c1-5-8-9-10-11-16-22-30(23-17-12-13-18-24-31)25-28(32)20-14-15-21-29-26(4)27(7-3)19-6-2/h24,27-29,32H,4-23,25H2,1-3H3. The van der Waals surface area contributed by atoms with Crippen LogP contribution in [0.2, 0.25) is 0 Å². The Hall–Kier alpha value is -0.870. The minimum absolute atomic E-state index is 0.239. The van der Waals surface area contributed by atoms with Gasteiger partial charge in [-0.05, 0) is 70.4 Å². The largest absolute Gasteiger partial charge is 0.392 e. The van der Waals surface area contributed by atoms with E-state index in [9.17, 15) is 9.90 Å². The predicted octanol–water partition coefficient (Wildman–Crippen LogP) is 6.87. The van der Waals surface area contributed by atoms with Crippen molar-refractivity contribution in [3.05, 3.63) is 12.3 Å². The fourth-order valence-corrected chi connectivity index (χ4v) is 4.41. The number of aliphatic hydroxyl groups is 1. The van der Waals surface area contributed by atoms with Crippen molar-refractivity contribution < 1.29 is 9.90 Å². The number of nitrogens with one attached hydrogen (secondary N) is 1. The Morgan fingerprint density at radius 3 is 2.16 bits per heavy atom.